The van der Waals surface area contributed by atoms with Crippen LogP contribution in [0.1, 0.15) is 12.0 Å². The van der Waals surface area contributed by atoms with Crippen LogP contribution in [0.15, 0.2) is 42.7 Å². The zero-order valence-corrected chi connectivity index (χ0v) is 12.6. The number of ether oxygens (including phenoxy) is 1. The first-order valence-electron chi connectivity index (χ1n) is 7.19. The third-order valence-electron chi connectivity index (χ3n) is 3.11. The van der Waals surface area contributed by atoms with E-state index in [1.807, 2.05) is 24.3 Å². The van der Waals surface area contributed by atoms with Crippen LogP contribution in [-0.4, -0.2) is 36.1 Å². The van der Waals surface area contributed by atoms with E-state index in [9.17, 15) is 4.79 Å². The molecule has 1 aromatic carbocycles. The number of carbonyl (C=O) groups is 1. The third-order valence-corrected chi connectivity index (χ3v) is 3.11. The Bertz CT molecular complexity index is 590. The predicted octanol–water partition coefficient (Wildman–Crippen LogP) is 1.65. The minimum atomic E-state index is -0.00155. The minimum absolute atomic E-state index is 0.00155. The van der Waals surface area contributed by atoms with Crippen molar-refractivity contribution in [1.29, 1.82) is 0 Å². The minimum Gasteiger partial charge on any atom is -0.496 e. The maximum absolute atomic E-state index is 11.8. The average molecular weight is 300 g/mol. The Morgan fingerprint density at radius 3 is 2.68 bits per heavy atom. The number of anilines is 1. The van der Waals surface area contributed by atoms with Crippen LogP contribution in [0.3, 0.4) is 0 Å². The zero-order chi connectivity index (χ0) is 15.6. The van der Waals surface area contributed by atoms with Crippen LogP contribution >= 0.6 is 0 Å². The standard InChI is InChI=1S/C16H20N4O2/c1-22-14-6-3-2-5-13(14)7-11-17-15(21)8-12-20-16-18-9-4-10-19-16/h2-6,9-10H,7-8,11-12H2,1H3,(H,17,21)(H,18,19,20). The zero-order valence-electron chi connectivity index (χ0n) is 12.6. The van der Waals surface area contributed by atoms with Crippen molar-refractivity contribution in [2.24, 2.45) is 0 Å². The number of nitrogens with one attached hydrogen (secondary N) is 2. The number of nitrogens with zero attached hydrogens (tertiary/aromatic N) is 2. The fraction of sp³-hybridized carbons (Fsp3) is 0.312. The van der Waals surface area contributed by atoms with Crippen LogP contribution in [0.2, 0.25) is 0 Å². The van der Waals surface area contributed by atoms with Gasteiger partial charge in [-0.1, -0.05) is 18.2 Å². The summed E-state index contributed by atoms with van der Waals surface area (Å²) < 4.78 is 5.28. The summed E-state index contributed by atoms with van der Waals surface area (Å²) in [5.74, 6) is 1.38. The number of carbonyl (C=O) groups excluding carboxylic acids is 1. The number of rotatable bonds is 8. The van der Waals surface area contributed by atoms with Crippen molar-refractivity contribution >= 4 is 11.9 Å². The van der Waals surface area contributed by atoms with Gasteiger partial charge in [-0.3, -0.25) is 4.79 Å². The summed E-state index contributed by atoms with van der Waals surface area (Å²) in [4.78, 5) is 19.8. The summed E-state index contributed by atoms with van der Waals surface area (Å²) >= 11 is 0. The molecule has 1 heterocycles. The molecule has 2 N–H and O–H groups in total. The number of methoxy groups -OCH3 is 1. The average Bonchev–Trinajstić information content (AvgIpc) is 2.56. The van der Waals surface area contributed by atoms with Gasteiger partial charge in [-0.2, -0.15) is 0 Å². The van der Waals surface area contributed by atoms with Crippen molar-refractivity contribution < 1.29 is 9.53 Å². The van der Waals surface area contributed by atoms with E-state index in [0.29, 0.717) is 25.5 Å². The van der Waals surface area contributed by atoms with Crippen molar-refractivity contribution in [3.05, 3.63) is 48.3 Å². The second kappa shape index (κ2) is 8.61. The molecule has 116 valence electrons. The highest BCUT2D eigenvalue weighted by Crippen LogP contribution is 2.17. The monoisotopic (exact) mass is 300 g/mol. The molecule has 1 aromatic heterocycles. The molecule has 6 nitrogen and oxygen atoms in total. The Balaban J connectivity index is 1.65. The molecule has 22 heavy (non-hydrogen) atoms. The lowest BCUT2D eigenvalue weighted by Crippen LogP contribution is -2.27. The molecule has 0 saturated carbocycles. The summed E-state index contributed by atoms with van der Waals surface area (Å²) in [5, 5.41) is 5.89. The Hall–Kier alpha value is -2.63. The first-order chi connectivity index (χ1) is 10.8. The molecule has 0 fully saturated rings. The van der Waals surface area contributed by atoms with E-state index >= 15 is 0 Å². The van der Waals surface area contributed by atoms with Gasteiger partial charge >= 0.3 is 0 Å². The maximum atomic E-state index is 11.8. The number of aromatic nitrogens is 2. The van der Waals surface area contributed by atoms with Gasteiger partial charge < -0.3 is 15.4 Å². The molecule has 0 saturated heterocycles. The van der Waals surface area contributed by atoms with Gasteiger partial charge in [0.05, 0.1) is 7.11 Å². The highest BCUT2D eigenvalue weighted by molar-refractivity contribution is 5.76. The molecule has 0 aliphatic heterocycles. The fourth-order valence-electron chi connectivity index (χ4n) is 2.01. The van der Waals surface area contributed by atoms with E-state index < -0.39 is 0 Å². The van der Waals surface area contributed by atoms with Crippen molar-refractivity contribution in [3.8, 4) is 5.75 Å². The van der Waals surface area contributed by atoms with Crippen molar-refractivity contribution in [2.45, 2.75) is 12.8 Å². The lowest BCUT2D eigenvalue weighted by atomic mass is 10.1. The molecule has 0 radical (unpaired) electrons. The second-order valence-corrected chi connectivity index (χ2v) is 4.66. The summed E-state index contributed by atoms with van der Waals surface area (Å²) in [6, 6.07) is 9.55. The molecule has 1 amide bonds. The molecule has 0 aliphatic carbocycles. The highest BCUT2D eigenvalue weighted by Gasteiger charge is 2.04. The number of amides is 1. The van der Waals surface area contributed by atoms with E-state index in [0.717, 1.165) is 17.7 Å². The summed E-state index contributed by atoms with van der Waals surface area (Å²) in [7, 11) is 1.65. The van der Waals surface area contributed by atoms with Crippen molar-refractivity contribution in [1.82, 2.24) is 15.3 Å². The van der Waals surface area contributed by atoms with Crippen LogP contribution in [0.4, 0.5) is 5.95 Å². The predicted molar refractivity (Wildman–Crippen MR) is 84.8 cm³/mol. The van der Waals surface area contributed by atoms with E-state index in [2.05, 4.69) is 20.6 Å². The van der Waals surface area contributed by atoms with E-state index in [1.165, 1.54) is 0 Å². The van der Waals surface area contributed by atoms with Crippen molar-refractivity contribution in [2.75, 3.05) is 25.5 Å². The largest absolute Gasteiger partial charge is 0.496 e. The van der Waals surface area contributed by atoms with Gasteiger partial charge in [0.1, 0.15) is 5.75 Å². The summed E-state index contributed by atoms with van der Waals surface area (Å²) in [6.45, 7) is 1.09. The van der Waals surface area contributed by atoms with Crippen LogP contribution in [0, 0.1) is 0 Å². The topological polar surface area (TPSA) is 76.1 Å². The Morgan fingerprint density at radius 2 is 1.91 bits per heavy atom. The maximum Gasteiger partial charge on any atom is 0.222 e. The Morgan fingerprint density at radius 1 is 1.14 bits per heavy atom. The molecule has 2 rings (SSSR count). The molecule has 0 bridgehead atoms. The Labute approximate surface area is 129 Å². The van der Waals surface area contributed by atoms with Crippen LogP contribution in [-0.2, 0) is 11.2 Å². The lowest BCUT2D eigenvalue weighted by molar-refractivity contribution is -0.120. The molecule has 6 heteroatoms. The quantitative estimate of drug-likeness (QED) is 0.775. The fourth-order valence-corrected chi connectivity index (χ4v) is 2.01. The Kier molecular flexibility index (Phi) is 6.17. The van der Waals surface area contributed by atoms with Gasteiger partial charge in [0, 0.05) is 31.9 Å². The first-order valence-corrected chi connectivity index (χ1v) is 7.19. The molecule has 0 atom stereocenters. The normalized spacial score (nSPS) is 10.0. The van der Waals surface area contributed by atoms with Gasteiger partial charge in [0.25, 0.3) is 0 Å². The van der Waals surface area contributed by atoms with Gasteiger partial charge in [0.15, 0.2) is 0 Å². The lowest BCUT2D eigenvalue weighted by Gasteiger charge is -2.09. The molecule has 0 aliphatic rings. The van der Waals surface area contributed by atoms with Gasteiger partial charge in [-0.05, 0) is 24.1 Å². The third kappa shape index (κ3) is 5.05. The highest BCUT2D eigenvalue weighted by atomic mass is 16.5. The van der Waals surface area contributed by atoms with Gasteiger partial charge in [0.2, 0.25) is 11.9 Å². The molecule has 0 unspecified atom stereocenters. The van der Waals surface area contributed by atoms with Crippen LogP contribution in [0.25, 0.3) is 0 Å². The van der Waals surface area contributed by atoms with E-state index in [-0.39, 0.29) is 5.91 Å². The van der Waals surface area contributed by atoms with Crippen LogP contribution in [0.5, 0.6) is 5.75 Å². The molecule has 0 spiro atoms. The van der Waals surface area contributed by atoms with E-state index in [4.69, 9.17) is 4.74 Å². The van der Waals surface area contributed by atoms with Gasteiger partial charge in [-0.25, -0.2) is 9.97 Å². The second-order valence-electron chi connectivity index (χ2n) is 4.66. The van der Waals surface area contributed by atoms with Crippen LogP contribution < -0.4 is 15.4 Å². The summed E-state index contributed by atoms with van der Waals surface area (Å²) in [6.07, 6.45) is 4.43. The SMILES string of the molecule is COc1ccccc1CCNC(=O)CCNc1ncccn1. The molecular weight excluding hydrogens is 280 g/mol. The number of hydrogen-bond donors (Lipinski definition) is 2. The van der Waals surface area contributed by atoms with E-state index in [1.54, 1.807) is 25.6 Å². The number of benzene rings is 1. The molecular formula is C16H20N4O2. The summed E-state index contributed by atoms with van der Waals surface area (Å²) in [5.41, 5.74) is 1.08. The van der Waals surface area contributed by atoms with Gasteiger partial charge in [-0.15, -0.1) is 0 Å². The molecule has 2 aromatic rings. The smallest absolute Gasteiger partial charge is 0.222 e. The number of para-hydroxylation sites is 1. The van der Waals surface area contributed by atoms with Crippen molar-refractivity contribution in [3.63, 3.8) is 0 Å². The number of hydrogen-bond acceptors (Lipinski definition) is 5. The first kappa shape index (κ1) is 15.8.